The fourth-order valence-electron chi connectivity index (χ4n) is 3.65. The van der Waals surface area contributed by atoms with Gasteiger partial charge in [0.05, 0.1) is 23.4 Å². The number of ether oxygens (including phenoxy) is 1. The number of aromatic nitrogens is 2. The van der Waals surface area contributed by atoms with Crippen LogP contribution in [0.1, 0.15) is 18.6 Å². The smallest absolute Gasteiger partial charge is 0.246 e. The molecule has 4 rings (SSSR count). The van der Waals surface area contributed by atoms with Gasteiger partial charge in [-0.15, -0.1) is 11.8 Å². The average Bonchev–Trinajstić information content (AvgIpc) is 3.26. The SMILES string of the molecule is CSc1ccc(C(Oc2ccc3c(cnn3-c3ccc(F)cc3)c2)C(C)NC(=O)CO)cc1. The summed E-state index contributed by atoms with van der Waals surface area (Å²) in [6, 6.07) is 19.3. The van der Waals surface area contributed by atoms with E-state index in [1.807, 2.05) is 55.6 Å². The Labute approximate surface area is 195 Å². The summed E-state index contributed by atoms with van der Waals surface area (Å²) >= 11 is 1.64. The molecule has 2 N–H and O–H groups in total. The van der Waals surface area contributed by atoms with Gasteiger partial charge in [-0.2, -0.15) is 5.10 Å². The number of carbonyl (C=O) groups excluding carboxylic acids is 1. The average molecular weight is 466 g/mol. The number of nitrogens with zero attached hydrogens (tertiary/aromatic N) is 2. The molecule has 6 nitrogen and oxygen atoms in total. The zero-order valence-electron chi connectivity index (χ0n) is 18.2. The molecule has 2 atom stereocenters. The van der Waals surface area contributed by atoms with Crippen LogP contribution in [0.5, 0.6) is 5.75 Å². The molecule has 0 spiro atoms. The van der Waals surface area contributed by atoms with Crippen LogP contribution in [0.3, 0.4) is 0 Å². The molecule has 4 aromatic rings. The fourth-order valence-corrected chi connectivity index (χ4v) is 4.05. The van der Waals surface area contributed by atoms with E-state index in [0.717, 1.165) is 27.0 Å². The van der Waals surface area contributed by atoms with Gasteiger partial charge < -0.3 is 15.2 Å². The van der Waals surface area contributed by atoms with Crippen molar-refractivity contribution in [3.8, 4) is 11.4 Å². The number of rotatable bonds is 8. The number of aliphatic hydroxyl groups excluding tert-OH is 1. The molecule has 1 aromatic heterocycles. The maximum absolute atomic E-state index is 13.3. The number of hydrogen-bond acceptors (Lipinski definition) is 5. The van der Waals surface area contributed by atoms with Crippen molar-refractivity contribution in [1.82, 2.24) is 15.1 Å². The van der Waals surface area contributed by atoms with Gasteiger partial charge in [-0.05, 0) is 73.3 Å². The van der Waals surface area contributed by atoms with Gasteiger partial charge in [0, 0.05) is 10.3 Å². The first-order chi connectivity index (χ1) is 16.0. The third kappa shape index (κ3) is 5.18. The molecule has 0 saturated carbocycles. The Bertz CT molecular complexity index is 1240. The van der Waals surface area contributed by atoms with Crippen molar-refractivity contribution < 1.29 is 19.0 Å². The van der Waals surface area contributed by atoms with E-state index < -0.39 is 18.6 Å². The quantitative estimate of drug-likeness (QED) is 0.375. The van der Waals surface area contributed by atoms with E-state index in [-0.39, 0.29) is 11.9 Å². The van der Waals surface area contributed by atoms with E-state index in [4.69, 9.17) is 9.84 Å². The van der Waals surface area contributed by atoms with Gasteiger partial charge in [0.1, 0.15) is 24.3 Å². The second-order valence-electron chi connectivity index (χ2n) is 7.58. The fraction of sp³-hybridized carbons (Fsp3) is 0.200. The van der Waals surface area contributed by atoms with Crippen LogP contribution in [0, 0.1) is 5.82 Å². The summed E-state index contributed by atoms with van der Waals surface area (Å²) in [5.41, 5.74) is 2.52. The van der Waals surface area contributed by atoms with Gasteiger partial charge in [-0.3, -0.25) is 4.79 Å². The summed E-state index contributed by atoms with van der Waals surface area (Å²) in [5, 5.41) is 17.2. The summed E-state index contributed by atoms with van der Waals surface area (Å²) < 4.78 is 21.3. The van der Waals surface area contributed by atoms with Gasteiger partial charge in [0.25, 0.3) is 0 Å². The second kappa shape index (κ2) is 10.1. The van der Waals surface area contributed by atoms with Gasteiger partial charge in [-0.1, -0.05) is 12.1 Å². The van der Waals surface area contributed by atoms with Gasteiger partial charge in [0.2, 0.25) is 5.91 Å². The molecule has 0 aliphatic heterocycles. The van der Waals surface area contributed by atoms with Crippen molar-refractivity contribution >= 4 is 28.6 Å². The maximum atomic E-state index is 13.3. The lowest BCUT2D eigenvalue weighted by molar-refractivity contribution is -0.125. The molecule has 1 amide bonds. The summed E-state index contributed by atoms with van der Waals surface area (Å²) in [7, 11) is 0. The minimum Gasteiger partial charge on any atom is -0.484 e. The molecule has 0 aliphatic carbocycles. The van der Waals surface area contributed by atoms with Crippen molar-refractivity contribution in [2.24, 2.45) is 0 Å². The van der Waals surface area contributed by atoms with Gasteiger partial charge in [0.15, 0.2) is 0 Å². The highest BCUT2D eigenvalue weighted by atomic mass is 32.2. The Morgan fingerprint density at radius 3 is 2.55 bits per heavy atom. The third-order valence-corrected chi connectivity index (χ3v) is 6.05. The first kappa shape index (κ1) is 22.8. The van der Waals surface area contributed by atoms with Crippen molar-refractivity contribution in [2.75, 3.05) is 12.9 Å². The predicted molar refractivity (Wildman–Crippen MR) is 127 cm³/mol. The lowest BCUT2D eigenvalue weighted by atomic mass is 10.0. The number of halogens is 1. The Morgan fingerprint density at radius 1 is 1.15 bits per heavy atom. The topological polar surface area (TPSA) is 76.4 Å². The number of aliphatic hydroxyl groups is 1. The van der Waals surface area contributed by atoms with E-state index in [1.54, 1.807) is 34.8 Å². The normalized spacial score (nSPS) is 13.0. The summed E-state index contributed by atoms with van der Waals surface area (Å²) in [4.78, 5) is 12.9. The number of nitrogens with one attached hydrogen (secondary N) is 1. The van der Waals surface area contributed by atoms with Crippen LogP contribution >= 0.6 is 11.8 Å². The molecular weight excluding hydrogens is 441 g/mol. The zero-order chi connectivity index (χ0) is 23.4. The van der Waals surface area contributed by atoms with Crippen molar-refractivity contribution in [3.05, 3.63) is 84.3 Å². The molecule has 170 valence electrons. The highest BCUT2D eigenvalue weighted by molar-refractivity contribution is 7.98. The number of fused-ring (bicyclic) bond motifs is 1. The van der Waals surface area contributed by atoms with Crippen molar-refractivity contribution in [1.29, 1.82) is 0 Å². The maximum Gasteiger partial charge on any atom is 0.246 e. The summed E-state index contributed by atoms with van der Waals surface area (Å²) in [5.74, 6) is -0.150. The second-order valence-corrected chi connectivity index (χ2v) is 8.46. The van der Waals surface area contributed by atoms with E-state index in [9.17, 15) is 9.18 Å². The Balaban J connectivity index is 1.63. The number of thioether (sulfide) groups is 1. The molecule has 8 heteroatoms. The Hall–Kier alpha value is -3.36. The highest BCUT2D eigenvalue weighted by Gasteiger charge is 2.23. The Kier molecular flexibility index (Phi) is 6.96. The lowest BCUT2D eigenvalue weighted by Crippen LogP contribution is -2.40. The third-order valence-electron chi connectivity index (χ3n) is 5.30. The molecule has 0 aliphatic rings. The van der Waals surface area contributed by atoms with Crippen LogP contribution in [0.2, 0.25) is 0 Å². The summed E-state index contributed by atoms with van der Waals surface area (Å²) in [6.45, 7) is 1.25. The largest absolute Gasteiger partial charge is 0.484 e. The lowest BCUT2D eigenvalue weighted by Gasteiger charge is -2.26. The number of carbonyl (C=O) groups is 1. The van der Waals surface area contributed by atoms with Crippen LogP contribution in [0.25, 0.3) is 16.6 Å². The number of hydrogen-bond donors (Lipinski definition) is 2. The number of benzene rings is 3. The molecule has 3 aromatic carbocycles. The van der Waals surface area contributed by atoms with Crippen LogP contribution in [-0.4, -0.2) is 39.7 Å². The molecule has 0 saturated heterocycles. The van der Waals surface area contributed by atoms with Crippen molar-refractivity contribution in [2.45, 2.75) is 24.0 Å². The highest BCUT2D eigenvalue weighted by Crippen LogP contribution is 2.30. The van der Waals surface area contributed by atoms with Gasteiger partial charge in [-0.25, -0.2) is 9.07 Å². The molecular formula is C25H24FN3O3S. The molecule has 1 heterocycles. The van der Waals surface area contributed by atoms with Crippen LogP contribution in [0.15, 0.2) is 77.8 Å². The van der Waals surface area contributed by atoms with Crippen molar-refractivity contribution in [3.63, 3.8) is 0 Å². The minimum absolute atomic E-state index is 0.301. The summed E-state index contributed by atoms with van der Waals surface area (Å²) in [6.07, 6.45) is 3.26. The minimum atomic E-state index is -0.586. The van der Waals surface area contributed by atoms with Crippen LogP contribution in [-0.2, 0) is 4.79 Å². The van der Waals surface area contributed by atoms with E-state index >= 15 is 0 Å². The zero-order valence-corrected chi connectivity index (χ0v) is 19.1. The first-order valence-corrected chi connectivity index (χ1v) is 11.7. The standard InChI is InChI=1S/C25H24FN3O3S/c1-16(28-24(31)15-30)25(17-3-10-22(33-2)11-4-17)32-21-9-12-23-18(13-21)14-27-29(23)20-7-5-19(26)6-8-20/h3-14,16,25,30H,15H2,1-2H3,(H,28,31). The van der Waals surface area contributed by atoms with Crippen LogP contribution < -0.4 is 10.1 Å². The first-order valence-electron chi connectivity index (χ1n) is 10.4. The number of amides is 1. The van der Waals surface area contributed by atoms with Gasteiger partial charge >= 0.3 is 0 Å². The molecule has 0 bridgehead atoms. The Morgan fingerprint density at radius 2 is 1.88 bits per heavy atom. The molecule has 2 unspecified atom stereocenters. The predicted octanol–water partition coefficient (Wildman–Crippen LogP) is 4.50. The van der Waals surface area contributed by atoms with Crippen LogP contribution in [0.4, 0.5) is 4.39 Å². The molecule has 0 fully saturated rings. The van der Waals surface area contributed by atoms with E-state index in [0.29, 0.717) is 5.75 Å². The van der Waals surface area contributed by atoms with E-state index in [1.165, 1.54) is 12.1 Å². The van der Waals surface area contributed by atoms with E-state index in [2.05, 4.69) is 10.4 Å². The monoisotopic (exact) mass is 465 g/mol. The molecule has 33 heavy (non-hydrogen) atoms. The molecule has 0 radical (unpaired) electrons.